The summed E-state index contributed by atoms with van der Waals surface area (Å²) < 4.78 is 5.70. The lowest BCUT2D eigenvalue weighted by atomic mass is 10.1. The van der Waals surface area contributed by atoms with E-state index in [-0.39, 0.29) is 0 Å². The summed E-state index contributed by atoms with van der Waals surface area (Å²) in [6.45, 7) is 2.87. The molecule has 0 unspecified atom stereocenters. The molecule has 0 aliphatic heterocycles. The van der Waals surface area contributed by atoms with Gasteiger partial charge in [-0.15, -0.1) is 0 Å². The molecule has 3 nitrogen and oxygen atoms in total. The van der Waals surface area contributed by atoms with Crippen LogP contribution in [0.25, 0.3) is 10.9 Å². The van der Waals surface area contributed by atoms with Crippen LogP contribution in [0.5, 0.6) is 5.75 Å². The first-order chi connectivity index (χ1) is 9.31. The van der Waals surface area contributed by atoms with Crippen molar-refractivity contribution in [1.82, 2.24) is 4.98 Å². The summed E-state index contributed by atoms with van der Waals surface area (Å²) in [4.78, 5) is 4.77. The van der Waals surface area contributed by atoms with Gasteiger partial charge in [-0.2, -0.15) is 0 Å². The highest BCUT2D eigenvalue weighted by molar-refractivity contribution is 5.92. The fourth-order valence-corrected chi connectivity index (χ4v) is 2.33. The summed E-state index contributed by atoms with van der Waals surface area (Å²) in [7, 11) is 1.96. The van der Waals surface area contributed by atoms with Gasteiger partial charge in [-0.3, -0.25) is 4.98 Å². The van der Waals surface area contributed by atoms with Crippen molar-refractivity contribution in [3.05, 3.63) is 30.0 Å². The minimum absolute atomic E-state index is 0.674. The van der Waals surface area contributed by atoms with E-state index in [9.17, 15) is 0 Å². The van der Waals surface area contributed by atoms with Gasteiger partial charge >= 0.3 is 0 Å². The topological polar surface area (TPSA) is 34.1 Å². The number of aromatic nitrogens is 1. The minimum atomic E-state index is 0.674. The third-order valence-corrected chi connectivity index (χ3v) is 3.54. The number of benzene rings is 1. The second kappa shape index (κ2) is 5.08. The molecule has 2 aromatic rings. The Balaban J connectivity index is 2.03. The Bertz CT molecular complexity index is 591. The third kappa shape index (κ3) is 2.50. The molecule has 1 aliphatic rings. The van der Waals surface area contributed by atoms with Crippen LogP contribution in [0, 0.1) is 0 Å². The molecule has 0 bridgehead atoms. The molecule has 1 heterocycles. The lowest BCUT2D eigenvalue weighted by Gasteiger charge is -2.11. The molecule has 1 aromatic carbocycles. The molecule has 100 valence electrons. The maximum atomic E-state index is 5.70. The van der Waals surface area contributed by atoms with E-state index >= 15 is 0 Å². The maximum Gasteiger partial charge on any atom is 0.120 e. The number of nitrogens with zero attached hydrogens (tertiary/aromatic N) is 1. The van der Waals surface area contributed by atoms with Gasteiger partial charge in [0.1, 0.15) is 5.75 Å². The second-order valence-electron chi connectivity index (χ2n) is 5.15. The van der Waals surface area contributed by atoms with Crippen LogP contribution in [0.1, 0.15) is 37.8 Å². The molecule has 19 heavy (non-hydrogen) atoms. The molecule has 1 fully saturated rings. The maximum absolute atomic E-state index is 5.70. The highest BCUT2D eigenvalue weighted by Gasteiger charge is 2.25. The molecule has 1 N–H and O–H groups in total. The Labute approximate surface area is 114 Å². The van der Waals surface area contributed by atoms with Crippen molar-refractivity contribution in [3.63, 3.8) is 0 Å². The first-order valence-corrected chi connectivity index (χ1v) is 7.07. The number of hydrogen-bond donors (Lipinski definition) is 1. The Morgan fingerprint density at radius 3 is 2.84 bits per heavy atom. The smallest absolute Gasteiger partial charge is 0.120 e. The first kappa shape index (κ1) is 12.3. The van der Waals surface area contributed by atoms with Crippen molar-refractivity contribution in [2.75, 3.05) is 19.0 Å². The predicted octanol–water partition coefficient (Wildman–Crippen LogP) is 3.94. The van der Waals surface area contributed by atoms with Gasteiger partial charge in [0.15, 0.2) is 0 Å². The van der Waals surface area contributed by atoms with Crippen LogP contribution >= 0.6 is 0 Å². The normalized spacial score (nSPS) is 14.6. The SMILES string of the molecule is CCCOc1ccc2nc(C3CC3)cc(NC)c2c1. The van der Waals surface area contributed by atoms with E-state index in [4.69, 9.17) is 9.72 Å². The fourth-order valence-electron chi connectivity index (χ4n) is 2.33. The van der Waals surface area contributed by atoms with Gasteiger partial charge in [0.25, 0.3) is 0 Å². The molecule has 1 aliphatic carbocycles. The van der Waals surface area contributed by atoms with Gasteiger partial charge in [-0.25, -0.2) is 0 Å². The zero-order valence-corrected chi connectivity index (χ0v) is 11.6. The largest absolute Gasteiger partial charge is 0.494 e. The number of rotatable bonds is 5. The summed E-state index contributed by atoms with van der Waals surface area (Å²) >= 11 is 0. The summed E-state index contributed by atoms with van der Waals surface area (Å²) in [5.74, 6) is 1.60. The standard InChI is InChI=1S/C16H20N2O/c1-3-8-19-12-6-7-14-13(9-12)16(17-2)10-15(18-14)11-4-5-11/h6-7,9-11H,3-5,8H2,1-2H3,(H,17,18). The van der Waals surface area contributed by atoms with Crippen molar-refractivity contribution in [3.8, 4) is 5.75 Å². The van der Waals surface area contributed by atoms with Gasteiger partial charge < -0.3 is 10.1 Å². The molecule has 3 heteroatoms. The molecule has 0 spiro atoms. The van der Waals surface area contributed by atoms with E-state index in [1.807, 2.05) is 13.1 Å². The van der Waals surface area contributed by atoms with E-state index in [0.717, 1.165) is 35.4 Å². The number of anilines is 1. The van der Waals surface area contributed by atoms with E-state index < -0.39 is 0 Å². The Kier molecular flexibility index (Phi) is 3.28. The van der Waals surface area contributed by atoms with E-state index in [0.29, 0.717) is 5.92 Å². The van der Waals surface area contributed by atoms with Gasteiger partial charge in [-0.1, -0.05) is 6.92 Å². The summed E-state index contributed by atoms with van der Waals surface area (Å²) in [5.41, 5.74) is 3.42. The quantitative estimate of drug-likeness (QED) is 0.879. The van der Waals surface area contributed by atoms with Crippen LogP contribution in [0.2, 0.25) is 0 Å². The van der Waals surface area contributed by atoms with Crippen molar-refractivity contribution in [1.29, 1.82) is 0 Å². The van der Waals surface area contributed by atoms with E-state index in [2.05, 4.69) is 30.4 Å². The highest BCUT2D eigenvalue weighted by Crippen LogP contribution is 2.41. The molecular weight excluding hydrogens is 236 g/mol. The third-order valence-electron chi connectivity index (χ3n) is 3.54. The average Bonchev–Trinajstić information content (AvgIpc) is 3.28. The summed E-state index contributed by atoms with van der Waals surface area (Å²) in [6.07, 6.45) is 3.58. The molecule has 3 rings (SSSR count). The number of ether oxygens (including phenoxy) is 1. The van der Waals surface area contributed by atoms with E-state index in [1.165, 1.54) is 18.5 Å². The Morgan fingerprint density at radius 1 is 1.32 bits per heavy atom. The van der Waals surface area contributed by atoms with Crippen LogP contribution < -0.4 is 10.1 Å². The predicted molar refractivity (Wildman–Crippen MR) is 79.1 cm³/mol. The molecule has 1 saturated carbocycles. The van der Waals surface area contributed by atoms with Crippen molar-refractivity contribution < 1.29 is 4.74 Å². The van der Waals surface area contributed by atoms with Crippen LogP contribution in [-0.4, -0.2) is 18.6 Å². The molecule has 1 aromatic heterocycles. The van der Waals surface area contributed by atoms with Gasteiger partial charge in [0.05, 0.1) is 12.1 Å². The van der Waals surface area contributed by atoms with Crippen molar-refractivity contribution in [2.45, 2.75) is 32.1 Å². The Hall–Kier alpha value is -1.77. The number of nitrogens with one attached hydrogen (secondary N) is 1. The lowest BCUT2D eigenvalue weighted by Crippen LogP contribution is -1.98. The summed E-state index contributed by atoms with van der Waals surface area (Å²) in [5, 5.41) is 4.42. The Morgan fingerprint density at radius 2 is 2.16 bits per heavy atom. The molecule has 0 atom stereocenters. The van der Waals surface area contributed by atoms with E-state index in [1.54, 1.807) is 0 Å². The van der Waals surface area contributed by atoms with Gasteiger partial charge in [0, 0.05) is 29.7 Å². The lowest BCUT2D eigenvalue weighted by molar-refractivity contribution is 0.318. The number of pyridine rings is 1. The first-order valence-electron chi connectivity index (χ1n) is 7.07. The van der Waals surface area contributed by atoms with Crippen molar-refractivity contribution >= 4 is 16.6 Å². The number of hydrogen-bond acceptors (Lipinski definition) is 3. The highest BCUT2D eigenvalue weighted by atomic mass is 16.5. The number of fused-ring (bicyclic) bond motifs is 1. The van der Waals surface area contributed by atoms with Gasteiger partial charge in [0.2, 0.25) is 0 Å². The van der Waals surface area contributed by atoms with Crippen molar-refractivity contribution in [2.24, 2.45) is 0 Å². The molecular formula is C16H20N2O. The molecule has 0 amide bonds. The zero-order chi connectivity index (χ0) is 13.2. The fraction of sp³-hybridized carbons (Fsp3) is 0.438. The summed E-state index contributed by atoms with van der Waals surface area (Å²) in [6, 6.07) is 8.35. The van der Waals surface area contributed by atoms with Crippen LogP contribution in [-0.2, 0) is 0 Å². The van der Waals surface area contributed by atoms with Crippen LogP contribution in [0.15, 0.2) is 24.3 Å². The zero-order valence-electron chi connectivity index (χ0n) is 11.6. The van der Waals surface area contributed by atoms with Gasteiger partial charge in [-0.05, 0) is 43.5 Å². The molecule has 0 saturated heterocycles. The second-order valence-corrected chi connectivity index (χ2v) is 5.15. The van der Waals surface area contributed by atoms with Crippen LogP contribution in [0.4, 0.5) is 5.69 Å². The average molecular weight is 256 g/mol. The monoisotopic (exact) mass is 256 g/mol. The minimum Gasteiger partial charge on any atom is -0.494 e. The molecule has 0 radical (unpaired) electrons. The van der Waals surface area contributed by atoms with Crippen LogP contribution in [0.3, 0.4) is 0 Å².